The second-order valence-corrected chi connectivity index (χ2v) is 6.81. The maximum Gasteiger partial charge on any atom is 0.265 e. The molecule has 29 heavy (non-hydrogen) atoms. The van der Waals surface area contributed by atoms with Crippen LogP contribution in [-0.2, 0) is 11.3 Å². The van der Waals surface area contributed by atoms with Crippen LogP contribution in [0, 0.1) is 12.7 Å². The Kier molecular flexibility index (Phi) is 4.99. The van der Waals surface area contributed by atoms with Gasteiger partial charge in [0.15, 0.2) is 6.61 Å². The van der Waals surface area contributed by atoms with Crippen LogP contribution in [0.2, 0.25) is 0 Å². The van der Waals surface area contributed by atoms with Gasteiger partial charge in [0.2, 0.25) is 0 Å². The largest absolute Gasteiger partial charge is 0.482 e. The molecule has 0 saturated carbocycles. The molecule has 146 valence electrons. The van der Waals surface area contributed by atoms with Crippen LogP contribution in [0.25, 0.3) is 0 Å². The van der Waals surface area contributed by atoms with Gasteiger partial charge in [0.05, 0.1) is 17.8 Å². The van der Waals surface area contributed by atoms with Gasteiger partial charge in [-0.1, -0.05) is 36.4 Å². The summed E-state index contributed by atoms with van der Waals surface area (Å²) in [5.41, 5.74) is 3.07. The number of benzene rings is 3. The first kappa shape index (κ1) is 18.7. The van der Waals surface area contributed by atoms with Gasteiger partial charge in [0.25, 0.3) is 11.8 Å². The van der Waals surface area contributed by atoms with Crippen LogP contribution in [0.3, 0.4) is 0 Å². The topological polar surface area (TPSA) is 58.6 Å². The molecule has 6 heteroatoms. The Morgan fingerprint density at radius 2 is 1.86 bits per heavy atom. The third-order valence-corrected chi connectivity index (χ3v) is 4.87. The SMILES string of the molecule is Cc1ccccc1CN1C(=O)COc2ccc(NC(=O)c3ccccc3F)cc21. The van der Waals surface area contributed by atoms with Gasteiger partial charge in [0, 0.05) is 5.69 Å². The normalized spacial score (nSPS) is 12.9. The number of ether oxygens (including phenoxy) is 1. The summed E-state index contributed by atoms with van der Waals surface area (Å²) in [6, 6.07) is 18.7. The van der Waals surface area contributed by atoms with Crippen LogP contribution in [0.4, 0.5) is 15.8 Å². The minimum Gasteiger partial charge on any atom is -0.482 e. The first-order valence-corrected chi connectivity index (χ1v) is 9.20. The van der Waals surface area contributed by atoms with E-state index in [4.69, 9.17) is 4.74 Å². The lowest BCUT2D eigenvalue weighted by Crippen LogP contribution is -2.38. The number of hydrogen-bond donors (Lipinski definition) is 1. The lowest BCUT2D eigenvalue weighted by atomic mass is 10.1. The van der Waals surface area contributed by atoms with Crippen LogP contribution in [0.5, 0.6) is 5.75 Å². The number of aryl methyl sites for hydroxylation is 1. The van der Waals surface area contributed by atoms with E-state index < -0.39 is 11.7 Å². The summed E-state index contributed by atoms with van der Waals surface area (Å²) < 4.78 is 19.4. The monoisotopic (exact) mass is 390 g/mol. The minimum absolute atomic E-state index is 0.0419. The number of fused-ring (bicyclic) bond motifs is 1. The minimum atomic E-state index is -0.595. The summed E-state index contributed by atoms with van der Waals surface area (Å²) in [4.78, 5) is 26.6. The number of carbonyl (C=O) groups excluding carboxylic acids is 2. The predicted molar refractivity (Wildman–Crippen MR) is 109 cm³/mol. The molecule has 1 N–H and O–H groups in total. The van der Waals surface area contributed by atoms with E-state index in [2.05, 4.69) is 5.32 Å². The molecule has 1 aliphatic rings. The lowest BCUT2D eigenvalue weighted by molar-refractivity contribution is -0.121. The van der Waals surface area contributed by atoms with Crippen molar-refractivity contribution in [2.24, 2.45) is 0 Å². The summed E-state index contributed by atoms with van der Waals surface area (Å²) in [6.45, 7) is 2.35. The van der Waals surface area contributed by atoms with Gasteiger partial charge in [-0.15, -0.1) is 0 Å². The molecule has 2 amide bonds. The fourth-order valence-electron chi connectivity index (χ4n) is 3.25. The molecular formula is C23H19FN2O3. The predicted octanol–water partition coefficient (Wildman–Crippen LogP) is 4.31. The number of nitrogens with zero attached hydrogens (tertiary/aromatic N) is 1. The Morgan fingerprint density at radius 1 is 1.10 bits per heavy atom. The van der Waals surface area contributed by atoms with E-state index in [1.165, 1.54) is 18.2 Å². The summed E-state index contributed by atoms with van der Waals surface area (Å²) in [5.74, 6) is -0.764. The van der Waals surface area contributed by atoms with E-state index in [0.717, 1.165) is 11.1 Å². The van der Waals surface area contributed by atoms with Gasteiger partial charge >= 0.3 is 0 Å². The van der Waals surface area contributed by atoms with Crippen molar-refractivity contribution in [3.63, 3.8) is 0 Å². The van der Waals surface area contributed by atoms with Crippen molar-refractivity contribution in [1.82, 2.24) is 0 Å². The van der Waals surface area contributed by atoms with Crippen molar-refractivity contribution < 1.29 is 18.7 Å². The Morgan fingerprint density at radius 3 is 2.66 bits per heavy atom. The molecule has 0 aromatic heterocycles. The summed E-state index contributed by atoms with van der Waals surface area (Å²) in [5, 5.41) is 2.69. The fourth-order valence-corrected chi connectivity index (χ4v) is 3.25. The molecular weight excluding hydrogens is 371 g/mol. The highest BCUT2D eigenvalue weighted by atomic mass is 19.1. The summed E-state index contributed by atoms with van der Waals surface area (Å²) in [6.07, 6.45) is 0. The van der Waals surface area contributed by atoms with Crippen molar-refractivity contribution in [2.45, 2.75) is 13.5 Å². The zero-order chi connectivity index (χ0) is 20.4. The van der Waals surface area contributed by atoms with Crippen LogP contribution < -0.4 is 15.0 Å². The molecule has 0 radical (unpaired) electrons. The Bertz CT molecular complexity index is 1100. The van der Waals surface area contributed by atoms with Crippen molar-refractivity contribution >= 4 is 23.2 Å². The molecule has 3 aromatic rings. The first-order chi connectivity index (χ1) is 14.0. The van der Waals surface area contributed by atoms with Gasteiger partial charge in [-0.3, -0.25) is 9.59 Å². The van der Waals surface area contributed by atoms with E-state index in [9.17, 15) is 14.0 Å². The molecule has 0 spiro atoms. The molecule has 5 nitrogen and oxygen atoms in total. The Balaban J connectivity index is 1.63. The highest BCUT2D eigenvalue weighted by molar-refractivity contribution is 6.05. The zero-order valence-electron chi connectivity index (χ0n) is 15.8. The number of hydrogen-bond acceptors (Lipinski definition) is 3. The third kappa shape index (κ3) is 3.82. The molecule has 0 unspecified atom stereocenters. The quantitative estimate of drug-likeness (QED) is 0.722. The zero-order valence-corrected chi connectivity index (χ0v) is 15.8. The van der Waals surface area contributed by atoms with E-state index >= 15 is 0 Å². The van der Waals surface area contributed by atoms with Crippen molar-refractivity contribution in [3.05, 3.63) is 89.2 Å². The lowest BCUT2D eigenvalue weighted by Gasteiger charge is -2.30. The van der Waals surface area contributed by atoms with Crippen molar-refractivity contribution in [2.75, 3.05) is 16.8 Å². The first-order valence-electron chi connectivity index (χ1n) is 9.20. The molecule has 1 heterocycles. The number of amides is 2. The molecule has 0 atom stereocenters. The van der Waals surface area contributed by atoms with Gasteiger partial charge in [-0.25, -0.2) is 4.39 Å². The Hall–Kier alpha value is -3.67. The van der Waals surface area contributed by atoms with Crippen LogP contribution in [0.1, 0.15) is 21.5 Å². The molecule has 0 saturated heterocycles. The highest BCUT2D eigenvalue weighted by Gasteiger charge is 2.26. The molecule has 4 rings (SSSR count). The maximum absolute atomic E-state index is 13.9. The van der Waals surface area contributed by atoms with E-state index in [-0.39, 0.29) is 18.1 Å². The third-order valence-electron chi connectivity index (χ3n) is 4.87. The Labute approximate surface area is 167 Å². The second kappa shape index (κ2) is 7.75. The smallest absolute Gasteiger partial charge is 0.265 e. The van der Waals surface area contributed by atoms with E-state index in [1.807, 2.05) is 31.2 Å². The molecule has 0 aliphatic carbocycles. The summed E-state index contributed by atoms with van der Waals surface area (Å²) >= 11 is 0. The van der Waals surface area contributed by atoms with Crippen LogP contribution in [0.15, 0.2) is 66.7 Å². The van der Waals surface area contributed by atoms with E-state index in [1.54, 1.807) is 29.2 Å². The molecule has 0 fully saturated rings. The van der Waals surface area contributed by atoms with Crippen molar-refractivity contribution in [3.8, 4) is 5.75 Å². The molecule has 3 aromatic carbocycles. The van der Waals surface area contributed by atoms with Crippen LogP contribution in [-0.4, -0.2) is 18.4 Å². The average molecular weight is 390 g/mol. The average Bonchev–Trinajstić information content (AvgIpc) is 2.72. The second-order valence-electron chi connectivity index (χ2n) is 6.81. The van der Waals surface area contributed by atoms with Gasteiger partial charge in [-0.2, -0.15) is 0 Å². The van der Waals surface area contributed by atoms with Crippen LogP contribution >= 0.6 is 0 Å². The number of nitrogens with one attached hydrogen (secondary N) is 1. The number of halogens is 1. The van der Waals surface area contributed by atoms with E-state index in [0.29, 0.717) is 23.7 Å². The van der Waals surface area contributed by atoms with Gasteiger partial charge in [-0.05, 0) is 48.4 Å². The van der Waals surface area contributed by atoms with Crippen molar-refractivity contribution in [1.29, 1.82) is 0 Å². The molecule has 1 aliphatic heterocycles. The molecule has 0 bridgehead atoms. The standard InChI is InChI=1S/C23H19FN2O3/c1-15-6-2-3-7-16(15)13-26-20-12-17(10-11-21(20)29-14-22(26)27)25-23(28)18-8-4-5-9-19(18)24/h2-12H,13-14H2,1H3,(H,25,28). The number of rotatable bonds is 4. The van der Waals surface area contributed by atoms with Gasteiger partial charge in [0.1, 0.15) is 11.6 Å². The highest BCUT2D eigenvalue weighted by Crippen LogP contribution is 2.36. The fraction of sp³-hybridized carbons (Fsp3) is 0.130. The number of carbonyl (C=O) groups is 2. The maximum atomic E-state index is 13.9. The number of anilines is 2. The van der Waals surface area contributed by atoms with Gasteiger partial charge < -0.3 is 15.0 Å². The summed E-state index contributed by atoms with van der Waals surface area (Å²) in [7, 11) is 0.